The number of piperidine rings is 1. The van der Waals surface area contributed by atoms with E-state index in [-0.39, 0.29) is 0 Å². The number of unbranched alkanes of at least 4 members (excludes halogenated alkanes) is 2. The summed E-state index contributed by atoms with van der Waals surface area (Å²) < 4.78 is 0. The van der Waals surface area contributed by atoms with Gasteiger partial charge in [0.2, 0.25) is 0 Å². The van der Waals surface area contributed by atoms with E-state index in [0.29, 0.717) is 0 Å². The lowest BCUT2D eigenvalue weighted by atomic mass is 9.78. The average Bonchev–Trinajstić information content (AvgIpc) is 2.29. The first-order valence-corrected chi connectivity index (χ1v) is 6.81. The topological polar surface area (TPSA) is 12.0 Å². The van der Waals surface area contributed by atoms with Crippen molar-refractivity contribution in [1.29, 1.82) is 0 Å². The highest BCUT2D eigenvalue weighted by Crippen LogP contribution is 2.33. The average molecular weight is 207 g/mol. The lowest BCUT2D eigenvalue weighted by molar-refractivity contribution is 0.363. The first-order chi connectivity index (χ1) is 7.40. The monoisotopic (exact) mass is 207 g/mol. The smallest absolute Gasteiger partial charge is 0.00170 e. The molecule has 0 aromatic carbocycles. The molecule has 2 aliphatic rings. The minimum atomic E-state index is 0.890. The number of nitrogens with one attached hydrogen (secondary N) is 1. The molecule has 1 nitrogen and oxygen atoms in total. The van der Waals surface area contributed by atoms with E-state index >= 15 is 0 Å². The third-order valence-corrected chi connectivity index (χ3v) is 4.02. The first kappa shape index (κ1) is 11.2. The van der Waals surface area contributed by atoms with Crippen LogP contribution in [0.4, 0.5) is 0 Å². The Labute approximate surface area is 94.3 Å². The highest BCUT2D eigenvalue weighted by molar-refractivity contribution is 5.15. The van der Waals surface area contributed by atoms with Gasteiger partial charge >= 0.3 is 0 Å². The first-order valence-electron chi connectivity index (χ1n) is 6.81. The molecule has 1 aliphatic carbocycles. The summed E-state index contributed by atoms with van der Waals surface area (Å²) in [5.74, 6) is 1.81. The van der Waals surface area contributed by atoms with Crippen LogP contribution in [0.25, 0.3) is 0 Å². The van der Waals surface area contributed by atoms with Gasteiger partial charge in [-0.25, -0.2) is 0 Å². The molecule has 1 heterocycles. The van der Waals surface area contributed by atoms with E-state index in [4.69, 9.17) is 0 Å². The van der Waals surface area contributed by atoms with Crippen LogP contribution in [-0.4, -0.2) is 13.1 Å². The fourth-order valence-corrected chi connectivity index (χ4v) is 3.04. The van der Waals surface area contributed by atoms with Gasteiger partial charge in [-0.05, 0) is 44.1 Å². The molecule has 1 N–H and O–H groups in total. The molecule has 0 aromatic rings. The van der Waals surface area contributed by atoms with E-state index in [1.54, 1.807) is 5.57 Å². The molecule has 2 rings (SSSR count). The normalized spacial score (nSPS) is 30.9. The molecule has 2 atom stereocenters. The van der Waals surface area contributed by atoms with Gasteiger partial charge in [0, 0.05) is 6.54 Å². The summed E-state index contributed by atoms with van der Waals surface area (Å²) >= 11 is 0. The third kappa shape index (κ3) is 3.07. The molecular formula is C14H25N. The van der Waals surface area contributed by atoms with E-state index in [1.807, 2.05) is 0 Å². The van der Waals surface area contributed by atoms with Crippen LogP contribution < -0.4 is 5.32 Å². The Morgan fingerprint density at radius 2 is 2.27 bits per heavy atom. The van der Waals surface area contributed by atoms with Crippen LogP contribution in [0.3, 0.4) is 0 Å². The van der Waals surface area contributed by atoms with Crippen molar-refractivity contribution in [3.8, 4) is 0 Å². The zero-order valence-electron chi connectivity index (χ0n) is 10.1. The lowest BCUT2D eigenvalue weighted by Crippen LogP contribution is -2.33. The number of hydrogen-bond acceptors (Lipinski definition) is 1. The summed E-state index contributed by atoms with van der Waals surface area (Å²) in [5.41, 5.74) is 1.78. The zero-order chi connectivity index (χ0) is 10.5. The second kappa shape index (κ2) is 5.69. The van der Waals surface area contributed by atoms with Gasteiger partial charge in [-0.3, -0.25) is 0 Å². The van der Waals surface area contributed by atoms with Crippen LogP contribution in [-0.2, 0) is 0 Å². The fraction of sp³-hybridized carbons (Fsp3) is 0.857. The Bertz CT molecular complexity index is 219. The van der Waals surface area contributed by atoms with Crippen molar-refractivity contribution in [3.63, 3.8) is 0 Å². The highest BCUT2D eigenvalue weighted by Gasteiger charge is 2.24. The summed E-state index contributed by atoms with van der Waals surface area (Å²) in [4.78, 5) is 0. The number of hydrogen-bond donors (Lipinski definition) is 1. The Balaban J connectivity index is 1.82. The SMILES string of the molecule is CCCCCC1C=C2CCNCC2CC1. The van der Waals surface area contributed by atoms with Gasteiger partial charge in [-0.15, -0.1) is 0 Å². The van der Waals surface area contributed by atoms with Crippen molar-refractivity contribution in [3.05, 3.63) is 11.6 Å². The molecule has 0 amide bonds. The van der Waals surface area contributed by atoms with Crippen molar-refractivity contribution in [2.75, 3.05) is 13.1 Å². The van der Waals surface area contributed by atoms with Crippen LogP contribution in [0.15, 0.2) is 11.6 Å². The molecular weight excluding hydrogens is 182 g/mol. The van der Waals surface area contributed by atoms with E-state index in [1.165, 1.54) is 58.0 Å². The van der Waals surface area contributed by atoms with Crippen molar-refractivity contribution in [1.82, 2.24) is 5.32 Å². The van der Waals surface area contributed by atoms with Crippen molar-refractivity contribution in [2.45, 2.75) is 51.9 Å². The van der Waals surface area contributed by atoms with Gasteiger partial charge in [0.25, 0.3) is 0 Å². The largest absolute Gasteiger partial charge is 0.316 e. The number of allylic oxidation sites excluding steroid dienone is 1. The van der Waals surface area contributed by atoms with E-state index in [2.05, 4.69) is 18.3 Å². The second-order valence-electron chi connectivity index (χ2n) is 5.23. The molecule has 86 valence electrons. The molecule has 1 heteroatoms. The standard InChI is InChI=1S/C14H25N/c1-2-3-4-5-12-6-7-14-11-15-9-8-13(14)10-12/h10,12,14-15H,2-9,11H2,1H3. The van der Waals surface area contributed by atoms with Gasteiger partial charge in [0.15, 0.2) is 0 Å². The molecule has 15 heavy (non-hydrogen) atoms. The van der Waals surface area contributed by atoms with Crippen LogP contribution in [0.5, 0.6) is 0 Å². The molecule has 0 radical (unpaired) electrons. The predicted molar refractivity (Wildman–Crippen MR) is 65.9 cm³/mol. The Kier molecular flexibility index (Phi) is 4.25. The summed E-state index contributed by atoms with van der Waals surface area (Å²) in [7, 11) is 0. The lowest BCUT2D eigenvalue weighted by Gasteiger charge is -2.32. The van der Waals surface area contributed by atoms with Gasteiger partial charge in [-0.1, -0.05) is 37.8 Å². The summed E-state index contributed by atoms with van der Waals surface area (Å²) in [6.45, 7) is 4.75. The van der Waals surface area contributed by atoms with E-state index in [9.17, 15) is 0 Å². The van der Waals surface area contributed by atoms with Crippen LogP contribution in [0.2, 0.25) is 0 Å². The van der Waals surface area contributed by atoms with E-state index in [0.717, 1.165) is 11.8 Å². The Morgan fingerprint density at radius 3 is 3.13 bits per heavy atom. The quantitative estimate of drug-likeness (QED) is 0.549. The molecule has 0 saturated carbocycles. The van der Waals surface area contributed by atoms with Crippen LogP contribution >= 0.6 is 0 Å². The van der Waals surface area contributed by atoms with Gasteiger partial charge in [0.1, 0.15) is 0 Å². The summed E-state index contributed by atoms with van der Waals surface area (Å²) in [5, 5.41) is 3.51. The predicted octanol–water partition coefficient (Wildman–Crippen LogP) is 3.51. The van der Waals surface area contributed by atoms with Crippen molar-refractivity contribution < 1.29 is 0 Å². The second-order valence-corrected chi connectivity index (χ2v) is 5.23. The molecule has 1 aliphatic heterocycles. The maximum absolute atomic E-state index is 3.51. The fourth-order valence-electron chi connectivity index (χ4n) is 3.04. The maximum Gasteiger partial charge on any atom is 0.00170 e. The Hall–Kier alpha value is -0.300. The molecule has 0 spiro atoms. The number of fused-ring (bicyclic) bond motifs is 1. The zero-order valence-corrected chi connectivity index (χ0v) is 10.1. The molecule has 0 aromatic heterocycles. The van der Waals surface area contributed by atoms with Gasteiger partial charge in [0.05, 0.1) is 0 Å². The highest BCUT2D eigenvalue weighted by atomic mass is 14.9. The summed E-state index contributed by atoms with van der Waals surface area (Å²) in [6, 6.07) is 0. The van der Waals surface area contributed by atoms with E-state index < -0.39 is 0 Å². The molecule has 1 saturated heterocycles. The van der Waals surface area contributed by atoms with Gasteiger partial charge in [-0.2, -0.15) is 0 Å². The molecule has 1 fully saturated rings. The van der Waals surface area contributed by atoms with Crippen molar-refractivity contribution >= 4 is 0 Å². The van der Waals surface area contributed by atoms with Crippen LogP contribution in [0, 0.1) is 11.8 Å². The minimum Gasteiger partial charge on any atom is -0.316 e. The Morgan fingerprint density at radius 1 is 1.33 bits per heavy atom. The number of rotatable bonds is 4. The molecule has 0 bridgehead atoms. The van der Waals surface area contributed by atoms with Crippen molar-refractivity contribution in [2.24, 2.45) is 11.8 Å². The van der Waals surface area contributed by atoms with Crippen LogP contribution in [0.1, 0.15) is 51.9 Å². The maximum atomic E-state index is 3.51. The molecule has 2 unspecified atom stereocenters. The third-order valence-electron chi connectivity index (χ3n) is 4.02. The summed E-state index contributed by atoms with van der Waals surface area (Å²) in [6.07, 6.45) is 12.5. The van der Waals surface area contributed by atoms with Gasteiger partial charge < -0.3 is 5.32 Å². The minimum absolute atomic E-state index is 0.890.